The minimum atomic E-state index is -0.617. The van der Waals surface area contributed by atoms with E-state index in [0.717, 1.165) is 11.1 Å². The Morgan fingerprint density at radius 1 is 1.07 bits per heavy atom. The van der Waals surface area contributed by atoms with Gasteiger partial charge in [0.15, 0.2) is 18.1 Å². The van der Waals surface area contributed by atoms with Crippen molar-refractivity contribution >= 4 is 11.8 Å². The molecule has 0 spiro atoms. The van der Waals surface area contributed by atoms with Crippen LogP contribution in [-0.2, 0) is 16.1 Å². The number of nitrogens with one attached hydrogen (secondary N) is 1. The van der Waals surface area contributed by atoms with E-state index < -0.39 is 6.04 Å². The van der Waals surface area contributed by atoms with Crippen molar-refractivity contribution in [1.82, 2.24) is 10.2 Å². The van der Waals surface area contributed by atoms with E-state index in [2.05, 4.69) is 5.32 Å². The molecule has 0 fully saturated rings. The SMILES string of the molecule is CCNC(=O)[C@@H](C)N(Cc1ccccc1C)C(=O)COc1ccccc1OC. The standard InChI is InChI=1S/C22H28N2O4/c1-5-23-22(26)17(3)24(14-18-11-7-6-10-16(18)2)21(25)15-28-20-13-9-8-12-19(20)27-4/h6-13,17H,5,14-15H2,1-4H3,(H,23,26)/t17-/m1/s1. The van der Waals surface area contributed by atoms with Gasteiger partial charge >= 0.3 is 0 Å². The Labute approximate surface area is 166 Å². The number of nitrogens with zero attached hydrogens (tertiary/aromatic N) is 1. The predicted molar refractivity (Wildman–Crippen MR) is 108 cm³/mol. The maximum Gasteiger partial charge on any atom is 0.261 e. The van der Waals surface area contributed by atoms with E-state index >= 15 is 0 Å². The van der Waals surface area contributed by atoms with Gasteiger partial charge < -0.3 is 19.7 Å². The molecule has 1 N–H and O–H groups in total. The van der Waals surface area contributed by atoms with Gasteiger partial charge in [-0.1, -0.05) is 36.4 Å². The van der Waals surface area contributed by atoms with Gasteiger partial charge in [-0.15, -0.1) is 0 Å². The Hall–Kier alpha value is -3.02. The molecule has 2 aromatic rings. The number of hydrogen-bond donors (Lipinski definition) is 1. The number of aryl methyl sites for hydroxylation is 1. The van der Waals surface area contributed by atoms with Crippen molar-refractivity contribution in [3.63, 3.8) is 0 Å². The highest BCUT2D eigenvalue weighted by molar-refractivity contribution is 5.88. The first-order valence-electron chi connectivity index (χ1n) is 9.35. The van der Waals surface area contributed by atoms with Crippen LogP contribution in [0.3, 0.4) is 0 Å². The summed E-state index contributed by atoms with van der Waals surface area (Å²) in [6.07, 6.45) is 0. The first-order valence-corrected chi connectivity index (χ1v) is 9.35. The van der Waals surface area contributed by atoms with Gasteiger partial charge in [-0.05, 0) is 44.0 Å². The fraction of sp³-hybridized carbons (Fsp3) is 0.364. The number of amides is 2. The van der Waals surface area contributed by atoms with Gasteiger partial charge in [-0.25, -0.2) is 0 Å². The Bertz CT molecular complexity index is 807. The van der Waals surface area contributed by atoms with Gasteiger partial charge in [-0.2, -0.15) is 0 Å². The fourth-order valence-corrected chi connectivity index (χ4v) is 2.84. The van der Waals surface area contributed by atoms with Crippen LogP contribution in [0.5, 0.6) is 11.5 Å². The van der Waals surface area contributed by atoms with Crippen LogP contribution in [0.15, 0.2) is 48.5 Å². The third-order valence-electron chi connectivity index (χ3n) is 4.54. The van der Waals surface area contributed by atoms with Crippen LogP contribution in [-0.4, -0.2) is 43.0 Å². The first-order chi connectivity index (χ1) is 13.5. The minimum absolute atomic E-state index is 0.185. The number of benzene rings is 2. The molecule has 0 aliphatic heterocycles. The summed E-state index contributed by atoms with van der Waals surface area (Å²) in [4.78, 5) is 26.9. The molecule has 1 atom stereocenters. The second kappa shape index (κ2) is 10.3. The zero-order chi connectivity index (χ0) is 20.5. The van der Waals surface area contributed by atoms with E-state index in [1.54, 1.807) is 31.1 Å². The molecule has 6 nitrogen and oxygen atoms in total. The van der Waals surface area contributed by atoms with Crippen molar-refractivity contribution < 1.29 is 19.1 Å². The molecule has 2 rings (SSSR count). The van der Waals surface area contributed by atoms with Crippen LogP contribution in [0.4, 0.5) is 0 Å². The van der Waals surface area contributed by atoms with Gasteiger partial charge in [0.2, 0.25) is 5.91 Å². The molecule has 0 radical (unpaired) electrons. The molecular formula is C22H28N2O4. The highest BCUT2D eigenvalue weighted by Crippen LogP contribution is 2.26. The van der Waals surface area contributed by atoms with Crippen molar-refractivity contribution in [2.24, 2.45) is 0 Å². The molecule has 0 aromatic heterocycles. The Balaban J connectivity index is 2.18. The van der Waals surface area contributed by atoms with Gasteiger partial charge in [0, 0.05) is 13.1 Å². The summed E-state index contributed by atoms with van der Waals surface area (Å²) in [6.45, 7) is 6.22. The number of carbonyl (C=O) groups excluding carboxylic acids is 2. The van der Waals surface area contributed by atoms with E-state index in [4.69, 9.17) is 9.47 Å². The number of ether oxygens (including phenoxy) is 2. The highest BCUT2D eigenvalue weighted by atomic mass is 16.5. The van der Waals surface area contributed by atoms with Crippen LogP contribution in [0, 0.1) is 6.92 Å². The fourth-order valence-electron chi connectivity index (χ4n) is 2.84. The first kappa shape index (κ1) is 21.3. The lowest BCUT2D eigenvalue weighted by Crippen LogP contribution is -2.49. The molecule has 0 aliphatic rings. The topological polar surface area (TPSA) is 67.9 Å². The number of carbonyl (C=O) groups is 2. The number of hydrogen-bond acceptors (Lipinski definition) is 4. The second-order valence-corrected chi connectivity index (χ2v) is 6.46. The molecular weight excluding hydrogens is 356 g/mol. The van der Waals surface area contributed by atoms with Gasteiger partial charge in [-0.3, -0.25) is 9.59 Å². The van der Waals surface area contributed by atoms with E-state index in [1.807, 2.05) is 50.2 Å². The summed E-state index contributed by atoms with van der Waals surface area (Å²) >= 11 is 0. The van der Waals surface area contributed by atoms with Gasteiger partial charge in [0.05, 0.1) is 7.11 Å². The van der Waals surface area contributed by atoms with Crippen molar-refractivity contribution in [1.29, 1.82) is 0 Å². The average molecular weight is 384 g/mol. The lowest BCUT2D eigenvalue weighted by Gasteiger charge is -2.29. The summed E-state index contributed by atoms with van der Waals surface area (Å²) in [5.74, 6) is 0.576. The third kappa shape index (κ3) is 5.49. The molecule has 2 amide bonds. The number of para-hydroxylation sites is 2. The Morgan fingerprint density at radius 3 is 2.36 bits per heavy atom. The van der Waals surface area contributed by atoms with E-state index in [1.165, 1.54) is 0 Å². The lowest BCUT2D eigenvalue weighted by atomic mass is 10.1. The van der Waals surface area contributed by atoms with E-state index in [0.29, 0.717) is 24.6 Å². The van der Waals surface area contributed by atoms with Crippen LogP contribution in [0.25, 0.3) is 0 Å². The molecule has 0 heterocycles. The maximum atomic E-state index is 13.0. The van der Waals surface area contributed by atoms with E-state index in [-0.39, 0.29) is 18.4 Å². The van der Waals surface area contributed by atoms with Gasteiger partial charge in [0.1, 0.15) is 6.04 Å². The normalized spacial score (nSPS) is 11.4. The molecule has 0 saturated heterocycles. The molecule has 6 heteroatoms. The summed E-state index contributed by atoms with van der Waals surface area (Å²) in [7, 11) is 1.55. The predicted octanol–water partition coefficient (Wildman–Crippen LogP) is 2.94. The zero-order valence-corrected chi connectivity index (χ0v) is 16.9. The maximum absolute atomic E-state index is 13.0. The van der Waals surface area contributed by atoms with Crippen LogP contribution in [0.1, 0.15) is 25.0 Å². The molecule has 0 unspecified atom stereocenters. The molecule has 0 bridgehead atoms. The summed E-state index contributed by atoms with van der Waals surface area (Å²) < 4.78 is 10.9. The van der Waals surface area contributed by atoms with Crippen molar-refractivity contribution in [2.75, 3.05) is 20.3 Å². The quantitative estimate of drug-likeness (QED) is 0.722. The van der Waals surface area contributed by atoms with Crippen LogP contribution in [0.2, 0.25) is 0 Å². The molecule has 0 aliphatic carbocycles. The van der Waals surface area contributed by atoms with Crippen LogP contribution < -0.4 is 14.8 Å². The van der Waals surface area contributed by atoms with Crippen LogP contribution >= 0.6 is 0 Å². The monoisotopic (exact) mass is 384 g/mol. The smallest absolute Gasteiger partial charge is 0.261 e. The second-order valence-electron chi connectivity index (χ2n) is 6.46. The van der Waals surface area contributed by atoms with E-state index in [9.17, 15) is 9.59 Å². The lowest BCUT2D eigenvalue weighted by molar-refractivity contribution is -0.142. The van der Waals surface area contributed by atoms with Crippen molar-refractivity contribution in [3.05, 3.63) is 59.7 Å². The molecule has 150 valence electrons. The Morgan fingerprint density at radius 2 is 1.71 bits per heavy atom. The average Bonchev–Trinajstić information content (AvgIpc) is 2.71. The van der Waals surface area contributed by atoms with Gasteiger partial charge in [0.25, 0.3) is 5.91 Å². The molecule has 28 heavy (non-hydrogen) atoms. The minimum Gasteiger partial charge on any atom is -0.493 e. The van der Waals surface area contributed by atoms with Crippen molar-refractivity contribution in [3.8, 4) is 11.5 Å². The number of methoxy groups -OCH3 is 1. The highest BCUT2D eigenvalue weighted by Gasteiger charge is 2.26. The molecule has 0 saturated carbocycles. The van der Waals surface area contributed by atoms with Crippen molar-refractivity contribution in [2.45, 2.75) is 33.4 Å². The number of rotatable bonds is 9. The third-order valence-corrected chi connectivity index (χ3v) is 4.54. The zero-order valence-electron chi connectivity index (χ0n) is 16.9. The largest absolute Gasteiger partial charge is 0.493 e. The summed E-state index contributed by atoms with van der Waals surface area (Å²) in [5.41, 5.74) is 2.05. The number of likely N-dealkylation sites (N-methyl/N-ethyl adjacent to an activating group) is 1. The summed E-state index contributed by atoms with van der Waals surface area (Å²) in [6, 6.07) is 14.3. The molecule has 2 aromatic carbocycles. The summed E-state index contributed by atoms with van der Waals surface area (Å²) in [5, 5.41) is 2.78. The Kier molecular flexibility index (Phi) is 7.87.